The van der Waals surface area contributed by atoms with Gasteiger partial charge < -0.3 is 14.8 Å². The highest BCUT2D eigenvalue weighted by Crippen LogP contribution is 2.07. The van der Waals surface area contributed by atoms with Gasteiger partial charge in [-0.25, -0.2) is 9.59 Å². The monoisotopic (exact) mass is 347 g/mol. The second-order valence-corrected chi connectivity index (χ2v) is 6.54. The highest BCUT2D eigenvalue weighted by molar-refractivity contribution is 7.98. The number of carbonyl (C=O) groups is 2. The molecule has 0 aliphatic carbocycles. The van der Waals surface area contributed by atoms with E-state index in [1.807, 2.05) is 13.2 Å². The van der Waals surface area contributed by atoms with E-state index in [0.29, 0.717) is 19.6 Å². The van der Waals surface area contributed by atoms with Crippen LogP contribution in [-0.4, -0.2) is 43.3 Å². The molecule has 0 aliphatic heterocycles. The van der Waals surface area contributed by atoms with Gasteiger partial charge in [0.15, 0.2) is 0 Å². The molecule has 0 saturated heterocycles. The maximum absolute atomic E-state index is 12.1. The molecule has 1 amide bonds. The number of alkyl carbamates (subject to hydrolysis) is 1. The molecule has 0 spiro atoms. The second kappa shape index (κ2) is 16.0. The van der Waals surface area contributed by atoms with Crippen molar-refractivity contribution < 1.29 is 19.1 Å². The average molecular weight is 348 g/mol. The molecule has 0 aromatic rings. The summed E-state index contributed by atoms with van der Waals surface area (Å²) in [6.45, 7) is 4.89. The maximum atomic E-state index is 12.1. The molecule has 1 atom stereocenters. The van der Waals surface area contributed by atoms with Gasteiger partial charge >= 0.3 is 12.1 Å². The summed E-state index contributed by atoms with van der Waals surface area (Å²) in [5.74, 6) is 0.422. The maximum Gasteiger partial charge on any atom is 0.407 e. The lowest BCUT2D eigenvalue weighted by molar-refractivity contribution is -0.146. The molecule has 136 valence electrons. The van der Waals surface area contributed by atoms with Crippen LogP contribution in [0.2, 0.25) is 0 Å². The fourth-order valence-corrected chi connectivity index (χ4v) is 2.49. The molecule has 6 heteroatoms. The summed E-state index contributed by atoms with van der Waals surface area (Å²) in [4.78, 5) is 23.7. The van der Waals surface area contributed by atoms with Crippen LogP contribution in [0, 0.1) is 0 Å². The van der Waals surface area contributed by atoms with E-state index < -0.39 is 12.1 Å². The van der Waals surface area contributed by atoms with Gasteiger partial charge in [0.25, 0.3) is 0 Å². The first kappa shape index (κ1) is 22.1. The molecular formula is C17H33NO4S. The van der Waals surface area contributed by atoms with Crippen molar-refractivity contribution in [3.63, 3.8) is 0 Å². The Morgan fingerprint density at radius 2 is 1.65 bits per heavy atom. The molecule has 0 radical (unpaired) electrons. The minimum Gasteiger partial charge on any atom is -0.464 e. The Balaban J connectivity index is 4.01. The van der Waals surface area contributed by atoms with Gasteiger partial charge in [-0.1, -0.05) is 46.0 Å². The molecule has 0 aromatic carbocycles. The van der Waals surface area contributed by atoms with Crippen LogP contribution in [-0.2, 0) is 14.3 Å². The molecule has 1 N–H and O–H groups in total. The van der Waals surface area contributed by atoms with Crippen molar-refractivity contribution in [3.05, 3.63) is 0 Å². The van der Waals surface area contributed by atoms with Gasteiger partial charge in [-0.15, -0.1) is 0 Å². The Kier molecular flexibility index (Phi) is 15.3. The summed E-state index contributed by atoms with van der Waals surface area (Å²) in [7, 11) is 0. The predicted molar refractivity (Wildman–Crippen MR) is 95.9 cm³/mol. The van der Waals surface area contributed by atoms with Crippen molar-refractivity contribution in [2.24, 2.45) is 0 Å². The van der Waals surface area contributed by atoms with Crippen LogP contribution in [0.1, 0.15) is 65.2 Å². The van der Waals surface area contributed by atoms with Crippen LogP contribution < -0.4 is 5.32 Å². The number of hydrogen-bond acceptors (Lipinski definition) is 5. The number of ether oxygens (including phenoxy) is 2. The average Bonchev–Trinajstić information content (AvgIpc) is 2.55. The van der Waals surface area contributed by atoms with Gasteiger partial charge in [0.2, 0.25) is 0 Å². The second-order valence-electron chi connectivity index (χ2n) is 5.55. The lowest BCUT2D eigenvalue weighted by Gasteiger charge is -2.17. The summed E-state index contributed by atoms with van der Waals surface area (Å²) >= 11 is 1.63. The van der Waals surface area contributed by atoms with Crippen molar-refractivity contribution in [2.45, 2.75) is 71.3 Å². The van der Waals surface area contributed by atoms with Gasteiger partial charge in [-0.05, 0) is 31.3 Å². The summed E-state index contributed by atoms with van der Waals surface area (Å²) in [6.07, 6.45) is 9.60. The van der Waals surface area contributed by atoms with Crippen LogP contribution >= 0.6 is 11.8 Å². The van der Waals surface area contributed by atoms with Crippen molar-refractivity contribution in [3.8, 4) is 0 Å². The van der Waals surface area contributed by atoms with E-state index >= 15 is 0 Å². The van der Waals surface area contributed by atoms with Crippen LogP contribution in [0.3, 0.4) is 0 Å². The zero-order valence-electron chi connectivity index (χ0n) is 14.9. The van der Waals surface area contributed by atoms with Crippen molar-refractivity contribution >= 4 is 23.8 Å². The third-order valence-corrected chi connectivity index (χ3v) is 4.01. The Morgan fingerprint density at radius 3 is 2.30 bits per heavy atom. The fraction of sp³-hybridized carbons (Fsp3) is 0.882. The molecule has 23 heavy (non-hydrogen) atoms. The number of carbonyl (C=O) groups excluding carboxylic acids is 2. The van der Waals surface area contributed by atoms with E-state index in [-0.39, 0.29) is 5.97 Å². The molecule has 0 aliphatic rings. The summed E-state index contributed by atoms with van der Waals surface area (Å²) < 4.78 is 10.3. The third kappa shape index (κ3) is 13.2. The predicted octanol–water partition coefficient (Wildman–Crippen LogP) is 4.15. The molecule has 0 unspecified atom stereocenters. The highest BCUT2D eigenvalue weighted by atomic mass is 32.2. The number of hydrogen-bond donors (Lipinski definition) is 1. The minimum absolute atomic E-state index is 0.355. The molecular weight excluding hydrogens is 314 g/mol. The van der Waals surface area contributed by atoms with E-state index in [2.05, 4.69) is 12.2 Å². The quantitative estimate of drug-likeness (QED) is 0.378. The van der Waals surface area contributed by atoms with Gasteiger partial charge in [0, 0.05) is 0 Å². The Bertz CT molecular complexity index is 313. The topological polar surface area (TPSA) is 64.6 Å². The summed E-state index contributed by atoms with van der Waals surface area (Å²) in [6, 6.07) is -0.619. The largest absolute Gasteiger partial charge is 0.464 e. The smallest absolute Gasteiger partial charge is 0.407 e. The Morgan fingerprint density at radius 1 is 0.957 bits per heavy atom. The zero-order chi connectivity index (χ0) is 17.3. The number of unbranched alkanes of at least 4 members (excludes halogenated alkanes) is 5. The van der Waals surface area contributed by atoms with E-state index in [0.717, 1.165) is 25.0 Å². The fourth-order valence-electron chi connectivity index (χ4n) is 2.02. The summed E-state index contributed by atoms with van der Waals surface area (Å²) in [5.41, 5.74) is 0. The van der Waals surface area contributed by atoms with Crippen LogP contribution in [0.25, 0.3) is 0 Å². The SMILES string of the molecule is CCCCCCCCOC(=O)[C@H](CCSC)NC(=O)OCCC. The molecule has 0 bridgehead atoms. The van der Waals surface area contributed by atoms with E-state index in [4.69, 9.17) is 9.47 Å². The van der Waals surface area contributed by atoms with Gasteiger partial charge in [-0.2, -0.15) is 11.8 Å². The number of rotatable bonds is 14. The lowest BCUT2D eigenvalue weighted by Crippen LogP contribution is -2.42. The molecule has 0 fully saturated rings. The number of thioether (sulfide) groups is 1. The van der Waals surface area contributed by atoms with Crippen molar-refractivity contribution in [1.29, 1.82) is 0 Å². The molecule has 0 aromatic heterocycles. The van der Waals surface area contributed by atoms with Crippen molar-refractivity contribution in [2.75, 3.05) is 25.2 Å². The van der Waals surface area contributed by atoms with Crippen LogP contribution in [0.5, 0.6) is 0 Å². The molecule has 0 heterocycles. The molecule has 0 rings (SSSR count). The van der Waals surface area contributed by atoms with Crippen LogP contribution in [0.15, 0.2) is 0 Å². The van der Waals surface area contributed by atoms with E-state index in [1.165, 1.54) is 25.7 Å². The molecule has 5 nitrogen and oxygen atoms in total. The summed E-state index contributed by atoms with van der Waals surface area (Å²) in [5, 5.41) is 2.61. The standard InChI is InChI=1S/C17H33NO4S/c1-4-6-7-8-9-10-13-21-16(19)15(11-14-23-3)18-17(20)22-12-5-2/h15H,4-14H2,1-3H3,(H,18,20)/t15-/m0/s1. The first-order valence-corrected chi connectivity index (χ1v) is 10.1. The van der Waals surface area contributed by atoms with E-state index in [9.17, 15) is 9.59 Å². The van der Waals surface area contributed by atoms with Gasteiger partial charge in [0.05, 0.1) is 13.2 Å². The zero-order valence-corrected chi connectivity index (χ0v) is 15.7. The minimum atomic E-state index is -0.619. The first-order chi connectivity index (χ1) is 11.2. The Labute approximate surface area is 145 Å². The lowest BCUT2D eigenvalue weighted by atomic mass is 10.1. The number of amides is 1. The van der Waals surface area contributed by atoms with Crippen molar-refractivity contribution in [1.82, 2.24) is 5.32 Å². The normalized spacial score (nSPS) is 11.8. The number of nitrogens with one attached hydrogen (secondary N) is 1. The van der Waals surface area contributed by atoms with Gasteiger partial charge in [-0.3, -0.25) is 0 Å². The molecule has 0 saturated carbocycles. The highest BCUT2D eigenvalue weighted by Gasteiger charge is 2.22. The van der Waals surface area contributed by atoms with Gasteiger partial charge in [0.1, 0.15) is 6.04 Å². The number of esters is 1. The van der Waals surface area contributed by atoms with E-state index in [1.54, 1.807) is 11.8 Å². The Hall–Kier alpha value is -0.910. The third-order valence-electron chi connectivity index (χ3n) is 3.37. The first-order valence-electron chi connectivity index (χ1n) is 8.74. The van der Waals surface area contributed by atoms with Crippen LogP contribution in [0.4, 0.5) is 4.79 Å².